The van der Waals surface area contributed by atoms with E-state index in [1.165, 1.54) is 4.90 Å². The monoisotopic (exact) mass is 423 g/mol. The standard InChI is InChI=1S/C16H24Cl3N5O2/c1-23(2)13-7-8-20-14(22-13)21-12-5-3-11(4-6-12)9-24(15(25)26)10-16(17,18)19/h7-8,11-12H,3-6,9-10H2,1-2H3,(H,25,26)(H,20,21,22). The van der Waals surface area contributed by atoms with Crippen molar-refractivity contribution >= 4 is 52.7 Å². The van der Waals surface area contributed by atoms with Gasteiger partial charge in [0.05, 0.1) is 6.54 Å². The molecule has 1 aliphatic carbocycles. The fourth-order valence-corrected chi connectivity index (χ4v) is 3.51. The van der Waals surface area contributed by atoms with E-state index < -0.39 is 9.89 Å². The minimum atomic E-state index is -1.61. The van der Waals surface area contributed by atoms with Gasteiger partial charge in [0, 0.05) is 32.9 Å². The van der Waals surface area contributed by atoms with E-state index in [-0.39, 0.29) is 18.5 Å². The molecule has 0 spiro atoms. The first-order valence-corrected chi connectivity index (χ1v) is 9.59. The van der Waals surface area contributed by atoms with Crippen molar-refractivity contribution in [3.05, 3.63) is 12.3 Å². The number of aromatic nitrogens is 2. The number of hydrogen-bond donors (Lipinski definition) is 2. The summed E-state index contributed by atoms with van der Waals surface area (Å²) in [5.41, 5.74) is 0. The SMILES string of the molecule is CN(C)c1ccnc(NC2CCC(CN(CC(Cl)(Cl)Cl)C(=O)O)CC2)n1. The molecule has 1 heterocycles. The Bertz CT molecular complexity index is 604. The number of carbonyl (C=O) groups is 1. The number of nitrogens with one attached hydrogen (secondary N) is 1. The topological polar surface area (TPSA) is 81.6 Å². The van der Waals surface area contributed by atoms with Gasteiger partial charge in [-0.05, 0) is 37.7 Å². The third-order valence-corrected chi connectivity index (χ3v) is 4.76. The summed E-state index contributed by atoms with van der Waals surface area (Å²) in [6.07, 6.45) is 4.30. The lowest BCUT2D eigenvalue weighted by Crippen LogP contribution is -2.41. The van der Waals surface area contributed by atoms with Gasteiger partial charge in [0.1, 0.15) is 5.82 Å². The van der Waals surface area contributed by atoms with Gasteiger partial charge >= 0.3 is 6.09 Å². The third kappa shape index (κ3) is 6.85. The molecule has 146 valence electrons. The average Bonchev–Trinajstić information content (AvgIpc) is 2.55. The molecule has 0 radical (unpaired) electrons. The van der Waals surface area contributed by atoms with Crippen LogP contribution in [-0.2, 0) is 0 Å². The van der Waals surface area contributed by atoms with Crippen LogP contribution in [0.25, 0.3) is 0 Å². The molecular formula is C16H24Cl3N5O2. The highest BCUT2D eigenvalue weighted by atomic mass is 35.6. The Balaban J connectivity index is 1.84. The number of anilines is 2. The molecule has 0 aromatic carbocycles. The molecule has 26 heavy (non-hydrogen) atoms. The van der Waals surface area contributed by atoms with Crippen LogP contribution in [-0.4, -0.2) is 63.1 Å². The number of halogens is 3. The minimum absolute atomic E-state index is 0.129. The van der Waals surface area contributed by atoms with Gasteiger partial charge in [-0.2, -0.15) is 4.98 Å². The molecule has 10 heteroatoms. The maximum absolute atomic E-state index is 11.4. The molecule has 0 unspecified atom stereocenters. The van der Waals surface area contributed by atoms with Gasteiger partial charge in [-0.25, -0.2) is 9.78 Å². The number of amides is 1. The van der Waals surface area contributed by atoms with Crippen molar-refractivity contribution in [2.75, 3.05) is 37.4 Å². The lowest BCUT2D eigenvalue weighted by molar-refractivity contribution is 0.131. The second-order valence-corrected chi connectivity index (χ2v) is 9.29. The average molecular weight is 425 g/mol. The van der Waals surface area contributed by atoms with Crippen LogP contribution in [0.4, 0.5) is 16.6 Å². The first-order valence-electron chi connectivity index (χ1n) is 8.45. The molecule has 1 fully saturated rings. The highest BCUT2D eigenvalue weighted by Crippen LogP contribution is 2.30. The molecular weight excluding hydrogens is 401 g/mol. The first kappa shape index (κ1) is 21.1. The molecule has 0 aliphatic heterocycles. The third-order valence-electron chi connectivity index (χ3n) is 4.40. The van der Waals surface area contributed by atoms with E-state index in [4.69, 9.17) is 34.8 Å². The fourth-order valence-electron chi connectivity index (χ4n) is 3.08. The van der Waals surface area contributed by atoms with Crippen molar-refractivity contribution in [2.45, 2.75) is 35.5 Å². The zero-order chi connectivity index (χ0) is 19.3. The smallest absolute Gasteiger partial charge is 0.407 e. The molecule has 1 aromatic rings. The van der Waals surface area contributed by atoms with Gasteiger partial charge in [0.2, 0.25) is 9.74 Å². The summed E-state index contributed by atoms with van der Waals surface area (Å²) in [7, 11) is 3.87. The summed E-state index contributed by atoms with van der Waals surface area (Å²) in [6, 6.07) is 2.13. The second kappa shape index (κ2) is 9.15. The molecule has 1 aliphatic rings. The predicted octanol–water partition coefficient (Wildman–Crippen LogP) is 3.86. The van der Waals surface area contributed by atoms with Crippen molar-refractivity contribution in [1.29, 1.82) is 0 Å². The molecule has 7 nitrogen and oxygen atoms in total. The Morgan fingerprint density at radius 2 is 1.96 bits per heavy atom. The number of rotatable bonds is 6. The zero-order valence-corrected chi connectivity index (χ0v) is 17.1. The van der Waals surface area contributed by atoms with E-state index in [2.05, 4.69) is 15.3 Å². The van der Waals surface area contributed by atoms with Gasteiger partial charge in [-0.3, -0.25) is 0 Å². The van der Waals surface area contributed by atoms with Crippen LogP contribution >= 0.6 is 34.8 Å². The number of hydrogen-bond acceptors (Lipinski definition) is 5. The normalized spacial score (nSPS) is 20.5. The van der Waals surface area contributed by atoms with Crippen LogP contribution in [0, 0.1) is 5.92 Å². The molecule has 0 atom stereocenters. The van der Waals surface area contributed by atoms with Crippen LogP contribution in [0.5, 0.6) is 0 Å². The predicted molar refractivity (Wildman–Crippen MR) is 106 cm³/mol. The quantitative estimate of drug-likeness (QED) is 0.675. The highest BCUT2D eigenvalue weighted by molar-refractivity contribution is 6.67. The van der Waals surface area contributed by atoms with E-state index in [0.717, 1.165) is 31.5 Å². The van der Waals surface area contributed by atoms with Crippen LogP contribution < -0.4 is 10.2 Å². The van der Waals surface area contributed by atoms with Gasteiger partial charge in [-0.15, -0.1) is 0 Å². The molecule has 0 saturated heterocycles. The van der Waals surface area contributed by atoms with Crippen LogP contribution in [0.3, 0.4) is 0 Å². The van der Waals surface area contributed by atoms with Gasteiger partial charge in [-0.1, -0.05) is 34.8 Å². The second-order valence-electron chi connectivity index (χ2n) is 6.77. The van der Waals surface area contributed by atoms with E-state index >= 15 is 0 Å². The van der Waals surface area contributed by atoms with Crippen molar-refractivity contribution in [3.8, 4) is 0 Å². The van der Waals surface area contributed by atoms with E-state index in [1.807, 2.05) is 25.1 Å². The van der Waals surface area contributed by atoms with Crippen molar-refractivity contribution in [1.82, 2.24) is 14.9 Å². The molecule has 1 aromatic heterocycles. The minimum Gasteiger partial charge on any atom is -0.465 e. The summed E-state index contributed by atoms with van der Waals surface area (Å²) in [5, 5.41) is 12.7. The molecule has 2 N–H and O–H groups in total. The maximum Gasteiger partial charge on any atom is 0.407 e. The van der Waals surface area contributed by atoms with E-state index in [1.54, 1.807) is 6.20 Å². The number of carboxylic acid groups (broad SMARTS) is 1. The van der Waals surface area contributed by atoms with Crippen molar-refractivity contribution in [2.24, 2.45) is 5.92 Å². The maximum atomic E-state index is 11.4. The van der Waals surface area contributed by atoms with Crippen LogP contribution in [0.15, 0.2) is 12.3 Å². The summed E-state index contributed by atoms with van der Waals surface area (Å²) < 4.78 is -1.61. The van der Waals surface area contributed by atoms with Crippen LogP contribution in [0.2, 0.25) is 0 Å². The summed E-state index contributed by atoms with van der Waals surface area (Å²) >= 11 is 17.2. The Labute approximate surface area is 168 Å². The summed E-state index contributed by atoms with van der Waals surface area (Å²) in [4.78, 5) is 23.2. The largest absolute Gasteiger partial charge is 0.465 e. The Kier molecular flexibility index (Phi) is 7.43. The number of nitrogens with zero attached hydrogens (tertiary/aromatic N) is 4. The first-order chi connectivity index (χ1) is 12.1. The molecule has 2 rings (SSSR count). The molecule has 1 saturated carbocycles. The Hall–Kier alpha value is -1.18. The Morgan fingerprint density at radius 3 is 2.50 bits per heavy atom. The van der Waals surface area contributed by atoms with Gasteiger partial charge < -0.3 is 20.2 Å². The van der Waals surface area contributed by atoms with Crippen molar-refractivity contribution < 1.29 is 9.90 Å². The fraction of sp³-hybridized carbons (Fsp3) is 0.688. The lowest BCUT2D eigenvalue weighted by atomic mass is 9.85. The Morgan fingerprint density at radius 1 is 1.31 bits per heavy atom. The summed E-state index contributed by atoms with van der Waals surface area (Å²) in [5.74, 6) is 1.72. The highest BCUT2D eigenvalue weighted by Gasteiger charge is 2.30. The van der Waals surface area contributed by atoms with E-state index in [0.29, 0.717) is 12.5 Å². The summed E-state index contributed by atoms with van der Waals surface area (Å²) in [6.45, 7) is 0.249. The van der Waals surface area contributed by atoms with Crippen molar-refractivity contribution in [3.63, 3.8) is 0 Å². The van der Waals surface area contributed by atoms with Crippen LogP contribution in [0.1, 0.15) is 25.7 Å². The van der Waals surface area contributed by atoms with Gasteiger partial charge in [0.15, 0.2) is 0 Å². The lowest BCUT2D eigenvalue weighted by Gasteiger charge is -2.33. The molecule has 1 amide bonds. The zero-order valence-electron chi connectivity index (χ0n) is 14.8. The van der Waals surface area contributed by atoms with Gasteiger partial charge in [0.25, 0.3) is 0 Å². The molecule has 0 bridgehead atoms. The van der Waals surface area contributed by atoms with E-state index in [9.17, 15) is 9.90 Å². The number of alkyl halides is 3.